The number of alkyl halides is 3. The number of halogens is 3. The van der Waals surface area contributed by atoms with Gasteiger partial charge in [0.05, 0.1) is 18.1 Å². The van der Waals surface area contributed by atoms with E-state index >= 15 is 0 Å². The highest BCUT2D eigenvalue weighted by Crippen LogP contribution is 2.43. The summed E-state index contributed by atoms with van der Waals surface area (Å²) in [7, 11) is 0.795. The highest BCUT2D eigenvalue weighted by molar-refractivity contribution is 5.83. The van der Waals surface area contributed by atoms with Crippen LogP contribution in [0, 0.1) is 17.3 Å². The molecule has 0 unspecified atom stereocenters. The monoisotopic (exact) mass is 534 g/mol. The fourth-order valence-corrected chi connectivity index (χ4v) is 3.54. The lowest BCUT2D eigenvalue weighted by Gasteiger charge is -2.35. The molecule has 0 spiro atoms. The van der Waals surface area contributed by atoms with Crippen molar-refractivity contribution in [3.63, 3.8) is 0 Å². The number of methoxy groups -OCH3 is 1. The number of carbonyl (C=O) groups excluding carboxylic acids is 2. The van der Waals surface area contributed by atoms with Crippen LogP contribution in [0.2, 0.25) is 0 Å². The van der Waals surface area contributed by atoms with Crippen LogP contribution in [0.3, 0.4) is 0 Å². The maximum absolute atomic E-state index is 14.2. The largest absolute Gasteiger partial charge is 0.465 e. The van der Waals surface area contributed by atoms with Crippen LogP contribution in [0.25, 0.3) is 0 Å². The molecule has 0 radical (unpaired) electrons. The molecular weight excluding hydrogens is 501 g/mol. The predicted octanol–water partition coefficient (Wildman–Crippen LogP) is 5.44. The van der Waals surface area contributed by atoms with Crippen molar-refractivity contribution in [3.8, 4) is 11.8 Å². The molecule has 0 saturated heterocycles. The fourth-order valence-electron chi connectivity index (χ4n) is 3.54. The Hall–Kier alpha value is -3.35. The van der Waals surface area contributed by atoms with Gasteiger partial charge in [0, 0.05) is 18.2 Å². The molecule has 0 aliphatic rings. The quantitative estimate of drug-likeness (QED) is 0.299. The molecule has 2 aromatic carbocycles. The molecule has 0 bridgehead atoms. The van der Waals surface area contributed by atoms with Gasteiger partial charge in [-0.3, -0.25) is 4.79 Å². The van der Waals surface area contributed by atoms with E-state index in [1.165, 1.54) is 32.0 Å². The summed E-state index contributed by atoms with van der Waals surface area (Å²) < 4.78 is 63.9. The molecule has 0 aromatic heterocycles. The minimum atomic E-state index is -5.11. The first-order valence-corrected chi connectivity index (χ1v) is 12.1. The van der Waals surface area contributed by atoms with Gasteiger partial charge < -0.3 is 18.9 Å². The summed E-state index contributed by atoms with van der Waals surface area (Å²) in [6, 6.07) is 15.5. The summed E-state index contributed by atoms with van der Waals surface area (Å²) in [5.41, 5.74) is -4.33. The third-order valence-corrected chi connectivity index (χ3v) is 6.06. The summed E-state index contributed by atoms with van der Waals surface area (Å²) in [6.07, 6.45) is -8.27. The van der Waals surface area contributed by atoms with Crippen molar-refractivity contribution < 1.29 is 41.7 Å². The zero-order chi connectivity index (χ0) is 28.6. The van der Waals surface area contributed by atoms with Gasteiger partial charge in [0.2, 0.25) is 0 Å². The number of esters is 2. The van der Waals surface area contributed by atoms with E-state index < -0.39 is 53.0 Å². The van der Waals surface area contributed by atoms with Crippen LogP contribution in [0.5, 0.6) is 0 Å². The lowest BCUT2D eigenvalue weighted by Crippen LogP contribution is -2.53. The summed E-state index contributed by atoms with van der Waals surface area (Å²) in [4.78, 5) is 25.7. The lowest BCUT2D eigenvalue weighted by molar-refractivity contribution is -0.279. The van der Waals surface area contributed by atoms with Gasteiger partial charge in [-0.2, -0.15) is 13.2 Å². The van der Waals surface area contributed by atoms with E-state index in [9.17, 15) is 22.8 Å². The molecular formula is C29H33F3O6. The molecule has 0 heterocycles. The molecule has 38 heavy (non-hydrogen) atoms. The second kappa shape index (κ2) is 12.9. The second-order valence-electron chi connectivity index (χ2n) is 9.16. The first-order chi connectivity index (χ1) is 17.8. The smallest absolute Gasteiger partial charge is 0.432 e. The van der Waals surface area contributed by atoms with Crippen LogP contribution < -0.4 is 0 Å². The number of hydrogen-bond donors (Lipinski definition) is 0. The Morgan fingerprint density at radius 3 is 1.95 bits per heavy atom. The van der Waals surface area contributed by atoms with Crippen molar-refractivity contribution in [3.05, 3.63) is 71.8 Å². The maximum atomic E-state index is 14.2. The fraction of sp³-hybridized carbons (Fsp3) is 0.448. The van der Waals surface area contributed by atoms with Gasteiger partial charge in [0.15, 0.2) is 0 Å². The minimum absolute atomic E-state index is 0.140. The van der Waals surface area contributed by atoms with Gasteiger partial charge in [0.1, 0.15) is 12.2 Å². The molecule has 2 rings (SSSR count). The van der Waals surface area contributed by atoms with Crippen LogP contribution in [-0.4, -0.2) is 50.1 Å². The van der Waals surface area contributed by atoms with Crippen molar-refractivity contribution in [1.29, 1.82) is 0 Å². The summed E-state index contributed by atoms with van der Waals surface area (Å²) in [6.45, 7) is 7.89. The van der Waals surface area contributed by atoms with Crippen molar-refractivity contribution in [2.24, 2.45) is 5.41 Å². The Labute approximate surface area is 221 Å². The maximum Gasteiger partial charge on any atom is 0.432 e. The highest BCUT2D eigenvalue weighted by atomic mass is 19.4. The number of carbonyl (C=O) groups is 2. The number of hydrogen-bond acceptors (Lipinski definition) is 6. The van der Waals surface area contributed by atoms with E-state index in [4.69, 9.17) is 18.9 Å². The first kappa shape index (κ1) is 30.9. The highest BCUT2D eigenvalue weighted by Gasteiger charge is 2.64. The number of rotatable bonds is 10. The molecule has 6 nitrogen and oxygen atoms in total. The molecule has 0 amide bonds. The Morgan fingerprint density at radius 1 is 0.895 bits per heavy atom. The van der Waals surface area contributed by atoms with Gasteiger partial charge in [-0.1, -0.05) is 60.4 Å². The van der Waals surface area contributed by atoms with Gasteiger partial charge in [-0.25, -0.2) is 4.79 Å². The third kappa shape index (κ3) is 6.94. The molecule has 0 aliphatic heterocycles. The zero-order valence-electron chi connectivity index (χ0n) is 22.3. The van der Waals surface area contributed by atoms with Gasteiger partial charge in [-0.15, -0.1) is 0 Å². The Balaban J connectivity index is 2.34. The van der Waals surface area contributed by atoms with Crippen LogP contribution in [-0.2, 0) is 34.1 Å². The van der Waals surface area contributed by atoms with E-state index in [1.807, 2.05) is 6.07 Å². The molecule has 2 aromatic rings. The molecule has 0 N–H and O–H groups in total. The van der Waals surface area contributed by atoms with E-state index in [0.29, 0.717) is 5.56 Å². The normalized spacial score (nSPS) is 15.7. The van der Waals surface area contributed by atoms with E-state index in [2.05, 4.69) is 11.8 Å². The molecule has 0 fully saturated rings. The zero-order valence-corrected chi connectivity index (χ0v) is 22.3. The van der Waals surface area contributed by atoms with E-state index in [1.54, 1.807) is 45.0 Å². The Morgan fingerprint density at radius 2 is 1.45 bits per heavy atom. The molecule has 0 saturated carbocycles. The van der Waals surface area contributed by atoms with Crippen LogP contribution >= 0.6 is 0 Å². The summed E-state index contributed by atoms with van der Waals surface area (Å²) in [5, 5.41) is 0. The molecule has 0 aliphatic carbocycles. The summed E-state index contributed by atoms with van der Waals surface area (Å²) in [5.74, 6) is 3.67. The van der Waals surface area contributed by atoms with Gasteiger partial charge >= 0.3 is 18.1 Å². The Kier molecular flexibility index (Phi) is 10.5. The molecule has 4 atom stereocenters. The SMILES string of the molecule is CCOC(=O)C(C)(C)[C@@H](C#Cc1ccccc1)O[C@H](C)[C@H](C)OC(=O)[C@@](OC)(c1ccccc1)C(F)(F)F. The second-order valence-corrected chi connectivity index (χ2v) is 9.16. The number of benzene rings is 2. The third-order valence-electron chi connectivity index (χ3n) is 6.06. The van der Waals surface area contributed by atoms with Gasteiger partial charge in [-0.05, 0) is 46.8 Å². The minimum Gasteiger partial charge on any atom is -0.465 e. The van der Waals surface area contributed by atoms with Crippen molar-refractivity contribution in [2.75, 3.05) is 13.7 Å². The predicted molar refractivity (Wildman–Crippen MR) is 135 cm³/mol. The average molecular weight is 535 g/mol. The van der Waals surface area contributed by atoms with Crippen LogP contribution in [0.4, 0.5) is 13.2 Å². The summed E-state index contributed by atoms with van der Waals surface area (Å²) >= 11 is 0. The van der Waals surface area contributed by atoms with Crippen molar-refractivity contribution >= 4 is 11.9 Å². The Bertz CT molecular complexity index is 1120. The lowest BCUT2D eigenvalue weighted by atomic mass is 9.86. The van der Waals surface area contributed by atoms with Crippen LogP contribution in [0.15, 0.2) is 60.7 Å². The first-order valence-electron chi connectivity index (χ1n) is 12.1. The average Bonchev–Trinajstić information content (AvgIpc) is 2.87. The standard InChI is InChI=1S/C29H33F3O6/c1-7-36-25(33)27(4,5)24(19-18-22-14-10-8-11-15-22)37-20(2)21(3)38-26(34)28(35-6,29(30,31)32)23-16-12-9-13-17-23/h8-17,20-21,24H,7H2,1-6H3/t20-,21+,24-,28+/m1/s1. The molecule has 206 valence electrons. The molecule has 9 heteroatoms. The topological polar surface area (TPSA) is 71.1 Å². The van der Waals surface area contributed by atoms with E-state index in [-0.39, 0.29) is 6.61 Å². The van der Waals surface area contributed by atoms with Crippen molar-refractivity contribution in [2.45, 2.75) is 64.7 Å². The number of ether oxygens (including phenoxy) is 4. The van der Waals surface area contributed by atoms with Crippen LogP contribution in [0.1, 0.15) is 45.7 Å². The van der Waals surface area contributed by atoms with Crippen molar-refractivity contribution in [1.82, 2.24) is 0 Å². The van der Waals surface area contributed by atoms with E-state index in [0.717, 1.165) is 19.2 Å². The van der Waals surface area contributed by atoms with Gasteiger partial charge in [0.25, 0.3) is 5.60 Å².